The molecule has 0 radical (unpaired) electrons. The van der Waals surface area contributed by atoms with E-state index >= 15 is 0 Å². The quantitative estimate of drug-likeness (QED) is 0.344. The van der Waals surface area contributed by atoms with Gasteiger partial charge in [0.2, 0.25) is 0 Å². The van der Waals surface area contributed by atoms with Crippen molar-refractivity contribution in [2.75, 3.05) is 13.1 Å². The molecule has 0 bridgehead atoms. The third kappa shape index (κ3) is 11.2. The van der Waals surface area contributed by atoms with Crippen LogP contribution in [-0.4, -0.2) is 50.1 Å². The first-order valence-corrected chi connectivity index (χ1v) is 11.6. The summed E-state index contributed by atoms with van der Waals surface area (Å²) in [5.41, 5.74) is 0. The average molecular weight is 364 g/mol. The third-order valence-electron chi connectivity index (χ3n) is 4.03. The molecule has 0 aliphatic carbocycles. The summed E-state index contributed by atoms with van der Waals surface area (Å²) in [5.74, 6) is 1.54. The third-order valence-corrected chi connectivity index (χ3v) is 5.38. The molecule has 1 atom stereocenters. The van der Waals surface area contributed by atoms with E-state index in [2.05, 4.69) is 24.6 Å². The molecule has 0 aliphatic heterocycles. The molecule has 3 nitrogen and oxygen atoms in total. The molecule has 126 valence electrons. The van der Waals surface area contributed by atoms with E-state index in [0.717, 1.165) is 31.3 Å². The number of carbonyl (C=O) groups is 1. The number of unbranched alkanes of at least 4 members (excludes halogenated alkanes) is 7. The summed E-state index contributed by atoms with van der Waals surface area (Å²) < 4.78 is 0. The van der Waals surface area contributed by atoms with E-state index in [0.29, 0.717) is 15.0 Å². The molecule has 0 aromatic carbocycles. The number of nitrogens with zero attached hydrogens (tertiary/aromatic N) is 1. The molecule has 0 aromatic heterocycles. The first-order chi connectivity index (χ1) is 10.2. The van der Waals surface area contributed by atoms with Crippen LogP contribution in [0.5, 0.6) is 0 Å². The van der Waals surface area contributed by atoms with Gasteiger partial charge in [-0.3, -0.25) is 0 Å². The van der Waals surface area contributed by atoms with Crippen molar-refractivity contribution in [1.29, 1.82) is 0 Å². The second-order valence-corrected chi connectivity index (χ2v) is 7.81. The van der Waals surface area contributed by atoms with Crippen molar-refractivity contribution in [2.24, 2.45) is 0 Å². The number of hydrogen-bond acceptors (Lipinski definition) is 2. The van der Waals surface area contributed by atoms with Crippen LogP contribution in [0.2, 0.25) is 11.1 Å². The molecule has 4 heteroatoms. The topological polar surface area (TPSA) is 40.5 Å². The predicted molar refractivity (Wildman–Crippen MR) is 92.3 cm³/mol. The van der Waals surface area contributed by atoms with E-state index in [1.165, 1.54) is 44.9 Å². The Bertz CT molecular complexity index is 249. The van der Waals surface area contributed by atoms with E-state index in [1.54, 1.807) is 0 Å². The molecule has 0 unspecified atom stereocenters. The molecule has 0 rings (SSSR count). The summed E-state index contributed by atoms with van der Waals surface area (Å²) in [6.45, 7) is 6.12. The van der Waals surface area contributed by atoms with Gasteiger partial charge in [-0.05, 0) is 0 Å². The van der Waals surface area contributed by atoms with Crippen molar-refractivity contribution in [2.45, 2.75) is 88.8 Å². The molecular formula is C17H35NO2Se. The Morgan fingerprint density at radius 2 is 1.62 bits per heavy atom. The minimum atomic E-state index is -0.638. The van der Waals surface area contributed by atoms with Gasteiger partial charge in [0, 0.05) is 0 Å². The van der Waals surface area contributed by atoms with Crippen molar-refractivity contribution in [3.8, 4) is 0 Å². The van der Waals surface area contributed by atoms with Gasteiger partial charge in [0.15, 0.2) is 0 Å². The Balaban J connectivity index is 3.83. The summed E-state index contributed by atoms with van der Waals surface area (Å²) in [7, 11) is 0. The number of carboxylic acids is 1. The SMILES string of the molecule is CCCCCCCCCCN(CC)[C@@H](CC[Se]C)C(=O)O. The fraction of sp³-hybridized carbons (Fsp3) is 0.941. The van der Waals surface area contributed by atoms with E-state index < -0.39 is 5.97 Å². The zero-order chi connectivity index (χ0) is 15.9. The van der Waals surface area contributed by atoms with Crippen molar-refractivity contribution >= 4 is 20.9 Å². The second-order valence-electron chi connectivity index (χ2n) is 5.74. The standard InChI is InChI=1S/C17H35NO2Se/c1-4-6-7-8-9-10-11-12-14-18(5-2)16(17(19)20)13-15-21-3/h16H,4-15H2,1-3H3,(H,19,20)/t16-/m0/s1. The molecule has 0 aliphatic rings. The normalized spacial score (nSPS) is 12.8. The molecule has 1 N–H and O–H groups in total. The van der Waals surface area contributed by atoms with Crippen LogP contribution in [0.3, 0.4) is 0 Å². The van der Waals surface area contributed by atoms with Crippen LogP contribution < -0.4 is 0 Å². The van der Waals surface area contributed by atoms with Crippen LogP contribution in [0.15, 0.2) is 0 Å². The van der Waals surface area contributed by atoms with Gasteiger partial charge in [0.1, 0.15) is 0 Å². The van der Waals surface area contributed by atoms with Crippen LogP contribution in [0.4, 0.5) is 0 Å². The van der Waals surface area contributed by atoms with Crippen LogP contribution in [-0.2, 0) is 4.79 Å². The maximum absolute atomic E-state index is 11.4. The van der Waals surface area contributed by atoms with E-state index in [4.69, 9.17) is 0 Å². The average Bonchev–Trinajstić information content (AvgIpc) is 2.47. The molecule has 0 fully saturated rings. The number of likely N-dealkylation sites (N-methyl/N-ethyl adjacent to an activating group) is 1. The molecule has 0 saturated heterocycles. The second kappa shape index (κ2) is 14.9. The predicted octanol–water partition coefficient (Wildman–Crippen LogP) is 4.46. The maximum atomic E-state index is 11.4. The molecule has 0 amide bonds. The summed E-state index contributed by atoms with van der Waals surface area (Å²) in [4.78, 5) is 13.6. The fourth-order valence-electron chi connectivity index (χ4n) is 2.67. The van der Waals surface area contributed by atoms with Crippen molar-refractivity contribution in [1.82, 2.24) is 4.90 Å². The first-order valence-electron chi connectivity index (χ1n) is 8.63. The van der Waals surface area contributed by atoms with Gasteiger partial charge in [-0.1, -0.05) is 13.3 Å². The Morgan fingerprint density at radius 1 is 1.05 bits per heavy atom. The number of hydrogen-bond donors (Lipinski definition) is 1. The molecular weight excluding hydrogens is 329 g/mol. The van der Waals surface area contributed by atoms with E-state index in [1.807, 2.05) is 0 Å². The van der Waals surface area contributed by atoms with Crippen LogP contribution in [0.25, 0.3) is 0 Å². The van der Waals surface area contributed by atoms with Gasteiger partial charge in [-0.15, -0.1) is 0 Å². The summed E-state index contributed by atoms with van der Waals surface area (Å²) in [6, 6.07) is -0.263. The van der Waals surface area contributed by atoms with Gasteiger partial charge in [0.25, 0.3) is 0 Å². The number of rotatable bonds is 15. The van der Waals surface area contributed by atoms with Crippen LogP contribution >= 0.6 is 0 Å². The van der Waals surface area contributed by atoms with Crippen LogP contribution in [0.1, 0.15) is 71.6 Å². The van der Waals surface area contributed by atoms with Gasteiger partial charge in [0.05, 0.1) is 0 Å². The zero-order valence-corrected chi connectivity index (χ0v) is 16.0. The van der Waals surface area contributed by atoms with Gasteiger partial charge < -0.3 is 0 Å². The van der Waals surface area contributed by atoms with Crippen LogP contribution in [0, 0.1) is 0 Å². The minimum absolute atomic E-state index is 0.263. The first kappa shape index (κ1) is 20.9. The Hall–Kier alpha value is -0.0505. The fourth-order valence-corrected chi connectivity index (χ4v) is 3.64. The summed E-state index contributed by atoms with van der Waals surface area (Å²) in [5, 5.41) is 10.5. The number of carboxylic acid groups (broad SMARTS) is 1. The Labute approximate surface area is 138 Å². The summed E-state index contributed by atoms with van der Waals surface area (Å²) in [6.07, 6.45) is 11.2. The molecule has 0 spiro atoms. The monoisotopic (exact) mass is 365 g/mol. The van der Waals surface area contributed by atoms with E-state index in [-0.39, 0.29) is 6.04 Å². The Kier molecular flexibility index (Phi) is 14.8. The molecule has 0 saturated carbocycles. The summed E-state index contributed by atoms with van der Waals surface area (Å²) >= 11 is 0.575. The van der Waals surface area contributed by atoms with Crippen molar-refractivity contribution < 1.29 is 9.90 Å². The van der Waals surface area contributed by atoms with Crippen molar-refractivity contribution in [3.63, 3.8) is 0 Å². The zero-order valence-electron chi connectivity index (χ0n) is 14.3. The van der Waals surface area contributed by atoms with Gasteiger partial charge in [-0.2, -0.15) is 0 Å². The van der Waals surface area contributed by atoms with E-state index in [9.17, 15) is 9.90 Å². The Morgan fingerprint density at radius 3 is 2.10 bits per heavy atom. The number of aliphatic carboxylic acids is 1. The van der Waals surface area contributed by atoms with Gasteiger partial charge >= 0.3 is 124 Å². The molecule has 0 heterocycles. The van der Waals surface area contributed by atoms with Crippen molar-refractivity contribution in [3.05, 3.63) is 0 Å². The van der Waals surface area contributed by atoms with Gasteiger partial charge in [-0.25, -0.2) is 0 Å². The molecule has 0 aromatic rings. The molecule has 21 heavy (non-hydrogen) atoms.